The molecule has 2 aromatic carbocycles. The van der Waals surface area contributed by atoms with Crippen molar-refractivity contribution >= 4 is 39.1 Å². The molecule has 1 fully saturated rings. The molecule has 0 N–H and O–H groups in total. The van der Waals surface area contributed by atoms with Crippen molar-refractivity contribution in [3.8, 4) is 0 Å². The fraction of sp³-hybridized carbons (Fsp3) is 0.278. The normalized spacial score (nSPS) is 14.9. The van der Waals surface area contributed by atoms with E-state index in [2.05, 4.69) is 46.0 Å². The number of carbonyl (C=O) groups is 1. The number of rotatable bonds is 2. The van der Waals surface area contributed by atoms with Crippen molar-refractivity contribution in [2.45, 2.75) is 6.92 Å². The summed E-state index contributed by atoms with van der Waals surface area (Å²) in [6.07, 6.45) is 0. The van der Waals surface area contributed by atoms with Gasteiger partial charge in [-0.3, -0.25) is 4.79 Å². The van der Waals surface area contributed by atoms with E-state index < -0.39 is 0 Å². The zero-order valence-electron chi connectivity index (χ0n) is 12.9. The second-order valence-corrected chi connectivity index (χ2v) is 7.03. The van der Waals surface area contributed by atoms with Crippen molar-refractivity contribution in [3.05, 3.63) is 63.1 Å². The molecule has 0 unspecified atom stereocenters. The number of hydrogen-bond donors (Lipinski definition) is 0. The van der Waals surface area contributed by atoms with E-state index in [4.69, 9.17) is 11.6 Å². The van der Waals surface area contributed by atoms with Crippen molar-refractivity contribution in [2.24, 2.45) is 0 Å². The van der Waals surface area contributed by atoms with Gasteiger partial charge in [0.05, 0.1) is 5.69 Å². The Hall–Kier alpha value is -1.52. The highest BCUT2D eigenvalue weighted by atomic mass is 79.9. The van der Waals surface area contributed by atoms with Crippen molar-refractivity contribution in [1.82, 2.24) is 4.90 Å². The van der Waals surface area contributed by atoms with Gasteiger partial charge in [0.1, 0.15) is 0 Å². The first-order chi connectivity index (χ1) is 11.0. The number of nitrogens with zero attached hydrogens (tertiary/aromatic N) is 2. The average Bonchev–Trinajstić information content (AvgIpc) is 2.55. The van der Waals surface area contributed by atoms with Gasteiger partial charge < -0.3 is 9.80 Å². The van der Waals surface area contributed by atoms with Crippen LogP contribution >= 0.6 is 27.5 Å². The van der Waals surface area contributed by atoms with Gasteiger partial charge in [-0.15, -0.1) is 0 Å². The number of piperazine rings is 1. The molecule has 120 valence electrons. The van der Waals surface area contributed by atoms with Gasteiger partial charge in [-0.25, -0.2) is 0 Å². The minimum atomic E-state index is 0.0734. The molecule has 1 amide bonds. The predicted octanol–water partition coefficient (Wildman–Crippen LogP) is 4.37. The Morgan fingerprint density at radius 3 is 2.30 bits per heavy atom. The molecule has 0 atom stereocenters. The summed E-state index contributed by atoms with van der Waals surface area (Å²) in [5.74, 6) is 0.0734. The van der Waals surface area contributed by atoms with Crippen molar-refractivity contribution < 1.29 is 4.79 Å². The topological polar surface area (TPSA) is 23.6 Å². The third kappa shape index (κ3) is 3.70. The molecule has 2 aromatic rings. The Morgan fingerprint density at radius 1 is 1.04 bits per heavy atom. The number of halogens is 2. The lowest BCUT2D eigenvalue weighted by Crippen LogP contribution is -2.48. The van der Waals surface area contributed by atoms with Gasteiger partial charge in [0.2, 0.25) is 0 Å². The summed E-state index contributed by atoms with van der Waals surface area (Å²) in [6, 6.07) is 13.5. The van der Waals surface area contributed by atoms with E-state index in [0.29, 0.717) is 10.6 Å². The fourth-order valence-corrected chi connectivity index (χ4v) is 3.66. The van der Waals surface area contributed by atoms with Crippen LogP contribution in [0.2, 0.25) is 5.02 Å². The molecule has 1 aliphatic heterocycles. The highest BCUT2D eigenvalue weighted by Gasteiger charge is 2.23. The summed E-state index contributed by atoms with van der Waals surface area (Å²) >= 11 is 9.51. The van der Waals surface area contributed by atoms with Gasteiger partial charge in [0.15, 0.2) is 0 Å². The van der Waals surface area contributed by atoms with Crippen LogP contribution in [-0.4, -0.2) is 37.0 Å². The van der Waals surface area contributed by atoms with Crippen LogP contribution in [0.3, 0.4) is 0 Å². The first-order valence-corrected chi connectivity index (χ1v) is 8.77. The van der Waals surface area contributed by atoms with Gasteiger partial charge in [0, 0.05) is 41.2 Å². The molecule has 1 saturated heterocycles. The number of carbonyl (C=O) groups excluding carboxylic acids is 1. The van der Waals surface area contributed by atoms with Crippen LogP contribution < -0.4 is 4.90 Å². The van der Waals surface area contributed by atoms with Gasteiger partial charge >= 0.3 is 0 Å². The van der Waals surface area contributed by atoms with Crippen LogP contribution in [0.4, 0.5) is 5.69 Å². The molecule has 0 radical (unpaired) electrons. The maximum atomic E-state index is 12.5. The van der Waals surface area contributed by atoms with Gasteiger partial charge in [0.25, 0.3) is 5.91 Å². The van der Waals surface area contributed by atoms with E-state index in [1.807, 2.05) is 4.90 Å². The van der Waals surface area contributed by atoms with Crippen LogP contribution in [0.25, 0.3) is 0 Å². The van der Waals surface area contributed by atoms with E-state index in [1.54, 1.807) is 24.3 Å². The second kappa shape index (κ2) is 6.93. The molecule has 0 aliphatic carbocycles. The third-order valence-electron chi connectivity index (χ3n) is 4.10. The fourth-order valence-electron chi connectivity index (χ4n) is 2.79. The molecule has 3 nitrogen and oxygen atoms in total. The predicted molar refractivity (Wildman–Crippen MR) is 98.4 cm³/mol. The lowest BCUT2D eigenvalue weighted by atomic mass is 10.1. The lowest BCUT2D eigenvalue weighted by molar-refractivity contribution is 0.0747. The lowest BCUT2D eigenvalue weighted by Gasteiger charge is -2.36. The summed E-state index contributed by atoms with van der Waals surface area (Å²) < 4.78 is 1.11. The Bertz CT molecular complexity index is 709. The summed E-state index contributed by atoms with van der Waals surface area (Å²) in [7, 11) is 0. The molecule has 1 heterocycles. The molecule has 0 aromatic heterocycles. The average molecular weight is 394 g/mol. The number of hydrogen-bond acceptors (Lipinski definition) is 2. The molecule has 23 heavy (non-hydrogen) atoms. The molecular weight excluding hydrogens is 376 g/mol. The molecule has 0 saturated carbocycles. The second-order valence-electron chi connectivity index (χ2n) is 5.74. The van der Waals surface area contributed by atoms with Crippen LogP contribution in [0.1, 0.15) is 15.9 Å². The summed E-state index contributed by atoms with van der Waals surface area (Å²) in [5.41, 5.74) is 3.12. The number of anilines is 1. The Morgan fingerprint density at radius 2 is 1.70 bits per heavy atom. The van der Waals surface area contributed by atoms with E-state index in [9.17, 15) is 4.79 Å². The molecule has 1 aliphatic rings. The van der Waals surface area contributed by atoms with E-state index in [-0.39, 0.29) is 5.91 Å². The van der Waals surface area contributed by atoms with Gasteiger partial charge in [-0.1, -0.05) is 17.7 Å². The number of benzene rings is 2. The largest absolute Gasteiger partial charge is 0.367 e. The molecule has 3 rings (SSSR count). The minimum absolute atomic E-state index is 0.0734. The summed E-state index contributed by atoms with van der Waals surface area (Å²) in [6.45, 7) is 5.20. The first-order valence-electron chi connectivity index (χ1n) is 7.60. The Kier molecular flexibility index (Phi) is 4.93. The van der Waals surface area contributed by atoms with Crippen molar-refractivity contribution in [3.63, 3.8) is 0 Å². The highest BCUT2D eigenvalue weighted by Crippen LogP contribution is 2.28. The van der Waals surface area contributed by atoms with Crippen LogP contribution in [-0.2, 0) is 0 Å². The summed E-state index contributed by atoms with van der Waals surface area (Å²) in [5, 5.41) is 0.649. The monoisotopic (exact) mass is 392 g/mol. The maximum absolute atomic E-state index is 12.5. The third-order valence-corrected chi connectivity index (χ3v) is 4.99. The summed E-state index contributed by atoms with van der Waals surface area (Å²) in [4.78, 5) is 16.7. The van der Waals surface area contributed by atoms with E-state index in [1.165, 1.54) is 11.3 Å². The van der Waals surface area contributed by atoms with Crippen LogP contribution in [0.15, 0.2) is 46.9 Å². The maximum Gasteiger partial charge on any atom is 0.253 e. The zero-order chi connectivity index (χ0) is 16.4. The van der Waals surface area contributed by atoms with Crippen molar-refractivity contribution in [1.29, 1.82) is 0 Å². The highest BCUT2D eigenvalue weighted by molar-refractivity contribution is 9.10. The minimum Gasteiger partial charge on any atom is -0.367 e. The van der Waals surface area contributed by atoms with Crippen molar-refractivity contribution in [2.75, 3.05) is 31.1 Å². The van der Waals surface area contributed by atoms with Gasteiger partial charge in [-0.2, -0.15) is 0 Å². The number of aryl methyl sites for hydroxylation is 1. The molecule has 5 heteroatoms. The molecule has 0 spiro atoms. The first kappa shape index (κ1) is 16.3. The smallest absolute Gasteiger partial charge is 0.253 e. The number of amides is 1. The Labute approximate surface area is 150 Å². The Balaban J connectivity index is 1.66. The molecule has 0 bridgehead atoms. The van der Waals surface area contributed by atoms with E-state index >= 15 is 0 Å². The van der Waals surface area contributed by atoms with Crippen LogP contribution in [0.5, 0.6) is 0 Å². The zero-order valence-corrected chi connectivity index (χ0v) is 15.3. The quantitative estimate of drug-likeness (QED) is 0.756. The standard InChI is InChI=1S/C18H18BrClN2O/c1-13-2-7-17(16(19)12-13)21-8-10-22(11-9-21)18(23)14-3-5-15(20)6-4-14/h2-7,12H,8-11H2,1H3. The SMILES string of the molecule is Cc1ccc(N2CCN(C(=O)c3ccc(Cl)cc3)CC2)c(Br)c1. The van der Waals surface area contributed by atoms with Gasteiger partial charge in [-0.05, 0) is 64.8 Å². The van der Waals surface area contributed by atoms with E-state index in [0.717, 1.165) is 30.7 Å². The molecular formula is C18H18BrClN2O. The van der Waals surface area contributed by atoms with Crippen LogP contribution in [0, 0.1) is 6.92 Å².